The van der Waals surface area contributed by atoms with Crippen LogP contribution in [0.2, 0.25) is 0 Å². The molecule has 5 nitrogen and oxygen atoms in total. The molecule has 0 N–H and O–H groups in total. The fraction of sp³-hybridized carbons (Fsp3) is 0.688. The van der Waals surface area contributed by atoms with Gasteiger partial charge in [-0.05, 0) is 38.7 Å². The molecule has 1 saturated heterocycles. The monoisotopic (exact) mass is 288 g/mol. The molecule has 114 valence electrons. The summed E-state index contributed by atoms with van der Waals surface area (Å²) in [5.41, 5.74) is 0.987. The topological polar surface area (TPSA) is 49.3 Å². The number of anilines is 1. The highest BCUT2D eigenvalue weighted by atomic mass is 16.2. The standard InChI is InChI=1S/C16H24N4O/c1-12-8-9-17-16(18-12)20-10-4-7-14(11-20)19(2)15(21)13-5-3-6-13/h8-9,13-14H,3-7,10-11H2,1-2H3. The Bertz CT molecular complexity index is 515. The van der Waals surface area contributed by atoms with Gasteiger partial charge in [-0.2, -0.15) is 0 Å². The Kier molecular flexibility index (Phi) is 4.08. The van der Waals surface area contributed by atoms with Crippen molar-refractivity contribution in [1.29, 1.82) is 0 Å². The molecule has 3 rings (SSSR count). The van der Waals surface area contributed by atoms with E-state index in [-0.39, 0.29) is 12.0 Å². The van der Waals surface area contributed by atoms with Crippen LogP contribution < -0.4 is 4.90 Å². The Morgan fingerprint density at radius 3 is 2.81 bits per heavy atom. The number of carbonyl (C=O) groups excluding carboxylic acids is 1. The Labute approximate surface area is 126 Å². The third-order valence-corrected chi connectivity index (χ3v) is 4.81. The van der Waals surface area contributed by atoms with Gasteiger partial charge in [0.1, 0.15) is 0 Å². The molecule has 2 fully saturated rings. The molecule has 2 aliphatic rings. The van der Waals surface area contributed by atoms with E-state index in [4.69, 9.17) is 0 Å². The molecule has 21 heavy (non-hydrogen) atoms. The van der Waals surface area contributed by atoms with E-state index in [2.05, 4.69) is 14.9 Å². The molecule has 5 heteroatoms. The lowest BCUT2D eigenvalue weighted by Crippen LogP contribution is -2.51. The number of rotatable bonds is 3. The van der Waals surface area contributed by atoms with Gasteiger partial charge in [-0.1, -0.05) is 6.42 Å². The number of aromatic nitrogens is 2. The van der Waals surface area contributed by atoms with E-state index in [0.29, 0.717) is 5.91 Å². The molecule has 1 aliphatic heterocycles. The summed E-state index contributed by atoms with van der Waals surface area (Å²) in [4.78, 5) is 25.5. The summed E-state index contributed by atoms with van der Waals surface area (Å²) in [6, 6.07) is 2.20. The third kappa shape index (κ3) is 3.01. The average molecular weight is 288 g/mol. The molecule has 1 aromatic heterocycles. The second-order valence-corrected chi connectivity index (χ2v) is 6.32. The zero-order chi connectivity index (χ0) is 14.8. The summed E-state index contributed by atoms with van der Waals surface area (Å²) in [7, 11) is 1.96. The minimum Gasteiger partial charge on any atom is -0.341 e. The van der Waals surface area contributed by atoms with Crippen molar-refractivity contribution in [2.24, 2.45) is 5.92 Å². The van der Waals surface area contributed by atoms with E-state index >= 15 is 0 Å². The molecule has 0 bridgehead atoms. The summed E-state index contributed by atoms with van der Waals surface area (Å²) in [6.07, 6.45) is 7.32. The van der Waals surface area contributed by atoms with E-state index in [0.717, 1.165) is 50.4 Å². The summed E-state index contributed by atoms with van der Waals surface area (Å²) in [5.74, 6) is 1.41. The summed E-state index contributed by atoms with van der Waals surface area (Å²) in [5, 5.41) is 0. The Hall–Kier alpha value is -1.65. The van der Waals surface area contributed by atoms with Crippen LogP contribution in [0.25, 0.3) is 0 Å². The number of carbonyl (C=O) groups is 1. The molecular formula is C16H24N4O. The molecule has 1 aromatic rings. The number of hydrogen-bond acceptors (Lipinski definition) is 4. The summed E-state index contributed by atoms with van der Waals surface area (Å²) < 4.78 is 0. The smallest absolute Gasteiger partial charge is 0.225 e. The summed E-state index contributed by atoms with van der Waals surface area (Å²) in [6.45, 7) is 3.81. The minimum atomic E-state index is 0.278. The van der Waals surface area contributed by atoms with Crippen molar-refractivity contribution in [3.63, 3.8) is 0 Å². The SMILES string of the molecule is Cc1ccnc(N2CCCC(N(C)C(=O)C3CCC3)C2)n1. The van der Waals surface area contributed by atoms with Gasteiger partial charge in [0.15, 0.2) is 0 Å². The average Bonchev–Trinajstić information content (AvgIpc) is 2.45. The van der Waals surface area contributed by atoms with Crippen LogP contribution in [-0.4, -0.2) is 47.0 Å². The van der Waals surface area contributed by atoms with E-state index in [1.807, 2.05) is 31.1 Å². The number of piperidine rings is 1. The molecule has 2 heterocycles. The highest BCUT2D eigenvalue weighted by Crippen LogP contribution is 2.29. The number of likely N-dealkylation sites (N-methyl/N-ethyl adjacent to an activating group) is 1. The van der Waals surface area contributed by atoms with Crippen molar-refractivity contribution < 1.29 is 4.79 Å². The molecule has 1 atom stereocenters. The second kappa shape index (κ2) is 6.00. The van der Waals surface area contributed by atoms with Gasteiger partial charge in [0.05, 0.1) is 0 Å². The molecule has 0 spiro atoms. The van der Waals surface area contributed by atoms with Crippen LogP contribution in [0.1, 0.15) is 37.8 Å². The number of amides is 1. The van der Waals surface area contributed by atoms with Crippen LogP contribution in [0.4, 0.5) is 5.95 Å². The first-order chi connectivity index (χ1) is 10.1. The lowest BCUT2D eigenvalue weighted by Gasteiger charge is -2.40. The number of aryl methyl sites for hydroxylation is 1. The van der Waals surface area contributed by atoms with Gasteiger partial charge in [-0.25, -0.2) is 9.97 Å². The summed E-state index contributed by atoms with van der Waals surface area (Å²) >= 11 is 0. The molecule has 1 saturated carbocycles. The largest absolute Gasteiger partial charge is 0.341 e. The van der Waals surface area contributed by atoms with Crippen molar-refractivity contribution in [3.05, 3.63) is 18.0 Å². The van der Waals surface area contributed by atoms with Gasteiger partial charge in [-0.3, -0.25) is 4.79 Å². The van der Waals surface area contributed by atoms with Crippen LogP contribution in [0.15, 0.2) is 12.3 Å². The van der Waals surface area contributed by atoms with Gasteiger partial charge in [0, 0.05) is 44.0 Å². The molecule has 0 aromatic carbocycles. The van der Waals surface area contributed by atoms with E-state index < -0.39 is 0 Å². The first kappa shape index (κ1) is 14.3. The van der Waals surface area contributed by atoms with Crippen LogP contribution >= 0.6 is 0 Å². The maximum atomic E-state index is 12.4. The lowest BCUT2D eigenvalue weighted by molar-refractivity contribution is -0.139. The van der Waals surface area contributed by atoms with Crippen LogP contribution in [0.3, 0.4) is 0 Å². The Morgan fingerprint density at radius 1 is 1.33 bits per heavy atom. The first-order valence-electron chi connectivity index (χ1n) is 7.96. The zero-order valence-electron chi connectivity index (χ0n) is 13.0. The van der Waals surface area contributed by atoms with Gasteiger partial charge < -0.3 is 9.80 Å². The van der Waals surface area contributed by atoms with Crippen molar-refractivity contribution in [3.8, 4) is 0 Å². The van der Waals surface area contributed by atoms with Crippen molar-refractivity contribution in [1.82, 2.24) is 14.9 Å². The van der Waals surface area contributed by atoms with Crippen molar-refractivity contribution in [2.45, 2.75) is 45.1 Å². The highest BCUT2D eigenvalue weighted by Gasteiger charge is 2.33. The lowest BCUT2D eigenvalue weighted by atomic mass is 9.84. The quantitative estimate of drug-likeness (QED) is 0.854. The molecule has 1 amide bonds. The van der Waals surface area contributed by atoms with Crippen molar-refractivity contribution >= 4 is 11.9 Å². The normalized spacial score (nSPS) is 22.8. The van der Waals surface area contributed by atoms with Gasteiger partial charge >= 0.3 is 0 Å². The predicted octanol–water partition coefficient (Wildman–Crippen LogP) is 2.01. The molecule has 0 radical (unpaired) electrons. The maximum absolute atomic E-state index is 12.4. The predicted molar refractivity (Wildman–Crippen MR) is 82.1 cm³/mol. The van der Waals surface area contributed by atoms with Crippen molar-refractivity contribution in [2.75, 3.05) is 25.0 Å². The van der Waals surface area contributed by atoms with E-state index in [9.17, 15) is 4.79 Å². The Morgan fingerprint density at radius 2 is 2.14 bits per heavy atom. The number of hydrogen-bond donors (Lipinski definition) is 0. The zero-order valence-corrected chi connectivity index (χ0v) is 13.0. The Balaban J connectivity index is 1.66. The fourth-order valence-electron chi connectivity index (χ4n) is 3.16. The van der Waals surface area contributed by atoms with Crippen LogP contribution in [0, 0.1) is 12.8 Å². The van der Waals surface area contributed by atoms with Gasteiger partial charge in [0.25, 0.3) is 0 Å². The number of nitrogens with zero attached hydrogens (tertiary/aromatic N) is 4. The van der Waals surface area contributed by atoms with E-state index in [1.54, 1.807) is 0 Å². The second-order valence-electron chi connectivity index (χ2n) is 6.32. The van der Waals surface area contributed by atoms with Gasteiger partial charge in [-0.15, -0.1) is 0 Å². The van der Waals surface area contributed by atoms with E-state index in [1.165, 1.54) is 6.42 Å². The minimum absolute atomic E-state index is 0.278. The van der Waals surface area contributed by atoms with Crippen LogP contribution in [-0.2, 0) is 4.79 Å². The molecule has 1 unspecified atom stereocenters. The highest BCUT2D eigenvalue weighted by molar-refractivity contribution is 5.79. The molecular weight excluding hydrogens is 264 g/mol. The molecule has 1 aliphatic carbocycles. The first-order valence-corrected chi connectivity index (χ1v) is 7.96. The van der Waals surface area contributed by atoms with Gasteiger partial charge in [0.2, 0.25) is 11.9 Å². The van der Waals surface area contributed by atoms with Crippen LogP contribution in [0.5, 0.6) is 0 Å². The maximum Gasteiger partial charge on any atom is 0.225 e. The third-order valence-electron chi connectivity index (χ3n) is 4.81. The fourth-order valence-corrected chi connectivity index (χ4v) is 3.16.